The van der Waals surface area contributed by atoms with Gasteiger partial charge in [-0.2, -0.15) is 0 Å². The summed E-state index contributed by atoms with van der Waals surface area (Å²) in [5, 5.41) is 28.2. The number of rotatable bonds is 3. The molecule has 0 aromatic rings. The Hall–Kier alpha value is -0.730. The van der Waals surface area contributed by atoms with E-state index < -0.39 is 36.7 Å². The molecule has 7 nitrogen and oxygen atoms in total. The lowest BCUT2D eigenvalue weighted by atomic mass is 9.97. The normalized spacial score (nSPS) is 39.4. The van der Waals surface area contributed by atoms with Crippen molar-refractivity contribution in [2.45, 2.75) is 37.1 Å². The van der Waals surface area contributed by atoms with Crippen molar-refractivity contribution in [2.75, 3.05) is 14.2 Å². The molecule has 1 aliphatic rings. The van der Waals surface area contributed by atoms with E-state index in [0.717, 1.165) is 0 Å². The van der Waals surface area contributed by atoms with Crippen molar-refractivity contribution in [3.05, 3.63) is 0 Å². The Kier molecular flexibility index (Phi) is 4.63. The molecule has 0 amide bonds. The predicted octanol–water partition coefficient (Wildman–Crippen LogP) is -2.00. The van der Waals surface area contributed by atoms with Gasteiger partial charge in [0.05, 0.1) is 13.5 Å². The van der Waals surface area contributed by atoms with E-state index in [0.29, 0.717) is 0 Å². The van der Waals surface area contributed by atoms with Crippen LogP contribution in [-0.2, 0) is 19.0 Å². The summed E-state index contributed by atoms with van der Waals surface area (Å²) >= 11 is 0. The lowest BCUT2D eigenvalue weighted by Gasteiger charge is -2.39. The fraction of sp³-hybridized carbons (Fsp3) is 0.889. The first-order valence-corrected chi connectivity index (χ1v) is 4.80. The van der Waals surface area contributed by atoms with Crippen molar-refractivity contribution < 1.29 is 34.3 Å². The van der Waals surface area contributed by atoms with E-state index in [1.54, 1.807) is 0 Å². The molecule has 0 saturated carbocycles. The minimum absolute atomic E-state index is 0.171. The van der Waals surface area contributed by atoms with Crippen LogP contribution in [0.3, 0.4) is 0 Å². The summed E-state index contributed by atoms with van der Waals surface area (Å²) in [4.78, 5) is 11.1. The largest absolute Gasteiger partial charge is 0.469 e. The van der Waals surface area contributed by atoms with Gasteiger partial charge in [-0.1, -0.05) is 0 Å². The smallest absolute Gasteiger partial charge is 0.308 e. The van der Waals surface area contributed by atoms with Crippen LogP contribution in [0.5, 0.6) is 0 Å². The van der Waals surface area contributed by atoms with Crippen molar-refractivity contribution in [1.82, 2.24) is 0 Å². The molecule has 0 aromatic heterocycles. The summed E-state index contributed by atoms with van der Waals surface area (Å²) < 4.78 is 14.3. The molecule has 1 aliphatic heterocycles. The lowest BCUT2D eigenvalue weighted by molar-refractivity contribution is -0.286. The maximum atomic E-state index is 11.1. The second kappa shape index (κ2) is 5.55. The van der Waals surface area contributed by atoms with Crippen LogP contribution in [0.1, 0.15) is 6.42 Å². The van der Waals surface area contributed by atoms with Crippen LogP contribution in [0, 0.1) is 0 Å². The molecular weight excluding hydrogens is 220 g/mol. The molecule has 1 rings (SSSR count). The van der Waals surface area contributed by atoms with Gasteiger partial charge in [0.15, 0.2) is 6.29 Å². The van der Waals surface area contributed by atoms with E-state index in [1.165, 1.54) is 14.2 Å². The topological polar surface area (TPSA) is 105 Å². The second-order valence-electron chi connectivity index (χ2n) is 3.53. The Bertz CT molecular complexity index is 244. The van der Waals surface area contributed by atoms with E-state index in [9.17, 15) is 20.1 Å². The number of ether oxygens (including phenoxy) is 3. The highest BCUT2D eigenvalue weighted by Crippen LogP contribution is 2.24. The summed E-state index contributed by atoms with van der Waals surface area (Å²) in [5.41, 5.74) is 0. The second-order valence-corrected chi connectivity index (χ2v) is 3.53. The zero-order valence-electron chi connectivity index (χ0n) is 9.07. The van der Waals surface area contributed by atoms with Crippen LogP contribution in [0.25, 0.3) is 0 Å². The average molecular weight is 236 g/mol. The number of hydrogen-bond acceptors (Lipinski definition) is 7. The fourth-order valence-corrected chi connectivity index (χ4v) is 1.62. The summed E-state index contributed by atoms with van der Waals surface area (Å²) in [7, 11) is 2.53. The Morgan fingerprint density at radius 2 is 1.88 bits per heavy atom. The van der Waals surface area contributed by atoms with Gasteiger partial charge in [-0.15, -0.1) is 0 Å². The van der Waals surface area contributed by atoms with Gasteiger partial charge in [-0.05, 0) is 0 Å². The Morgan fingerprint density at radius 1 is 1.25 bits per heavy atom. The molecule has 94 valence electrons. The number of aliphatic hydroxyl groups is 3. The number of methoxy groups -OCH3 is 2. The molecule has 0 spiro atoms. The van der Waals surface area contributed by atoms with E-state index >= 15 is 0 Å². The summed E-state index contributed by atoms with van der Waals surface area (Å²) in [6, 6.07) is 0. The van der Waals surface area contributed by atoms with Gasteiger partial charge in [0.25, 0.3) is 0 Å². The van der Waals surface area contributed by atoms with Crippen molar-refractivity contribution in [3.63, 3.8) is 0 Å². The van der Waals surface area contributed by atoms with Gasteiger partial charge in [0, 0.05) is 7.11 Å². The van der Waals surface area contributed by atoms with Crippen LogP contribution >= 0.6 is 0 Å². The molecule has 5 atom stereocenters. The number of carbonyl (C=O) groups excluding carboxylic acids is 1. The molecule has 3 N–H and O–H groups in total. The molecule has 0 aliphatic carbocycles. The molecule has 5 unspecified atom stereocenters. The Labute approximate surface area is 92.5 Å². The summed E-state index contributed by atoms with van der Waals surface area (Å²) in [5.74, 6) is -0.553. The minimum Gasteiger partial charge on any atom is -0.469 e. The molecular formula is C9H16O7. The van der Waals surface area contributed by atoms with Crippen LogP contribution in [0.2, 0.25) is 0 Å². The zero-order valence-corrected chi connectivity index (χ0v) is 9.07. The number of aliphatic hydroxyl groups excluding tert-OH is 3. The predicted molar refractivity (Wildman–Crippen MR) is 50.3 cm³/mol. The Balaban J connectivity index is 2.70. The van der Waals surface area contributed by atoms with E-state index in [1.807, 2.05) is 0 Å². The molecule has 0 aromatic carbocycles. The molecule has 0 bridgehead atoms. The van der Waals surface area contributed by atoms with Crippen molar-refractivity contribution in [2.24, 2.45) is 0 Å². The zero-order chi connectivity index (χ0) is 12.3. The third kappa shape index (κ3) is 2.69. The van der Waals surface area contributed by atoms with E-state index in [-0.39, 0.29) is 6.42 Å². The summed E-state index contributed by atoms with van der Waals surface area (Å²) in [6.45, 7) is 0. The molecule has 16 heavy (non-hydrogen) atoms. The molecule has 1 saturated heterocycles. The maximum Gasteiger partial charge on any atom is 0.308 e. The standard InChI is InChI=1S/C9H16O7/c1-14-5(10)3-4-8(15-2)6(11)7(12)9(13)16-4/h4,6-9,11-13H,3H2,1-2H3. The van der Waals surface area contributed by atoms with E-state index in [4.69, 9.17) is 9.47 Å². The SMILES string of the molecule is COC(=O)CC1OC(O)C(O)C(O)C1OC. The van der Waals surface area contributed by atoms with Gasteiger partial charge < -0.3 is 29.5 Å². The van der Waals surface area contributed by atoms with Gasteiger partial charge >= 0.3 is 5.97 Å². The van der Waals surface area contributed by atoms with Gasteiger partial charge in [-0.3, -0.25) is 4.79 Å². The van der Waals surface area contributed by atoms with Crippen molar-refractivity contribution >= 4 is 5.97 Å². The number of hydrogen-bond donors (Lipinski definition) is 3. The first-order chi connectivity index (χ1) is 7.51. The third-order valence-electron chi connectivity index (χ3n) is 2.53. The van der Waals surface area contributed by atoms with Crippen LogP contribution < -0.4 is 0 Å². The number of esters is 1. The maximum absolute atomic E-state index is 11.1. The first kappa shape index (κ1) is 13.3. The highest BCUT2D eigenvalue weighted by molar-refractivity contribution is 5.69. The van der Waals surface area contributed by atoms with E-state index in [2.05, 4.69) is 4.74 Å². The highest BCUT2D eigenvalue weighted by Gasteiger charge is 2.44. The quantitative estimate of drug-likeness (QED) is 0.487. The van der Waals surface area contributed by atoms with Gasteiger partial charge in [0.2, 0.25) is 0 Å². The van der Waals surface area contributed by atoms with Gasteiger partial charge in [0.1, 0.15) is 24.4 Å². The van der Waals surface area contributed by atoms with Crippen molar-refractivity contribution in [3.8, 4) is 0 Å². The lowest BCUT2D eigenvalue weighted by Crippen LogP contribution is -2.58. The third-order valence-corrected chi connectivity index (χ3v) is 2.53. The molecule has 0 radical (unpaired) electrons. The summed E-state index contributed by atoms with van der Waals surface area (Å²) in [6.07, 6.45) is -6.24. The molecule has 1 heterocycles. The first-order valence-electron chi connectivity index (χ1n) is 4.80. The van der Waals surface area contributed by atoms with Gasteiger partial charge in [-0.25, -0.2) is 0 Å². The Morgan fingerprint density at radius 3 is 2.38 bits per heavy atom. The minimum atomic E-state index is -1.55. The molecule has 1 fully saturated rings. The average Bonchev–Trinajstić information content (AvgIpc) is 2.26. The molecule has 7 heteroatoms. The monoisotopic (exact) mass is 236 g/mol. The van der Waals surface area contributed by atoms with Crippen LogP contribution in [0.4, 0.5) is 0 Å². The van der Waals surface area contributed by atoms with Crippen molar-refractivity contribution in [1.29, 1.82) is 0 Å². The number of carbonyl (C=O) groups is 1. The fourth-order valence-electron chi connectivity index (χ4n) is 1.62. The highest BCUT2D eigenvalue weighted by atomic mass is 16.6. The van der Waals surface area contributed by atoms with Crippen LogP contribution in [-0.4, -0.2) is 66.2 Å². The van der Waals surface area contributed by atoms with Crippen LogP contribution in [0.15, 0.2) is 0 Å².